The fraction of sp³-hybridized carbons (Fsp3) is 0.500. The molecule has 1 saturated heterocycles. The summed E-state index contributed by atoms with van der Waals surface area (Å²) >= 11 is 6.96. The van der Waals surface area contributed by atoms with Crippen molar-refractivity contribution < 1.29 is 9.53 Å². The molecule has 1 amide bonds. The van der Waals surface area contributed by atoms with Gasteiger partial charge < -0.3 is 15.0 Å². The summed E-state index contributed by atoms with van der Waals surface area (Å²) < 4.78 is 9.77. The molecule has 1 aliphatic heterocycles. The number of halogens is 1. The van der Waals surface area contributed by atoms with E-state index in [0.717, 1.165) is 48.2 Å². The molecular weight excluding hydrogens is 372 g/mol. The molecule has 1 fully saturated rings. The van der Waals surface area contributed by atoms with Crippen LogP contribution in [0.2, 0.25) is 0 Å². The largest absolute Gasteiger partial charge is 0.497 e. The lowest BCUT2D eigenvalue weighted by Crippen LogP contribution is -2.39. The van der Waals surface area contributed by atoms with Gasteiger partial charge in [0.25, 0.3) is 0 Å². The van der Waals surface area contributed by atoms with Crippen molar-refractivity contribution in [1.82, 2.24) is 14.7 Å². The zero-order chi connectivity index (χ0) is 18.4. The van der Waals surface area contributed by atoms with Gasteiger partial charge >= 0.3 is 0 Å². The maximum absolute atomic E-state index is 11.3. The van der Waals surface area contributed by atoms with Gasteiger partial charge in [-0.25, -0.2) is 4.98 Å². The minimum atomic E-state index is -0.0968. The first kappa shape index (κ1) is 18.9. The van der Waals surface area contributed by atoms with E-state index in [9.17, 15) is 4.79 Å². The molecule has 0 aliphatic carbocycles. The topological polar surface area (TPSA) is 67.3 Å². The van der Waals surface area contributed by atoms with Crippen LogP contribution >= 0.6 is 23.1 Å². The molecule has 1 aliphatic rings. The Bertz CT molecular complexity index is 731. The number of carbonyl (C=O) groups excluding carboxylic acids is 1. The highest BCUT2D eigenvalue weighted by atomic mass is 35.5. The number of anilines is 1. The Balaban J connectivity index is 1.51. The second kappa shape index (κ2) is 9.19. The average molecular weight is 395 g/mol. The van der Waals surface area contributed by atoms with E-state index in [1.165, 1.54) is 11.5 Å². The Kier molecular flexibility index (Phi) is 6.68. The van der Waals surface area contributed by atoms with Crippen LogP contribution in [0.15, 0.2) is 24.3 Å². The Hall–Kier alpha value is -1.86. The van der Waals surface area contributed by atoms with Crippen molar-refractivity contribution in [2.75, 3.05) is 37.5 Å². The molecule has 6 nitrogen and oxygen atoms in total. The summed E-state index contributed by atoms with van der Waals surface area (Å²) in [7, 11) is 1.67. The highest BCUT2D eigenvalue weighted by Crippen LogP contribution is 2.25. The van der Waals surface area contributed by atoms with Gasteiger partial charge in [-0.3, -0.25) is 4.79 Å². The van der Waals surface area contributed by atoms with E-state index >= 15 is 0 Å². The molecule has 1 N–H and O–H groups in total. The number of piperidine rings is 1. The quantitative estimate of drug-likeness (QED) is 0.731. The van der Waals surface area contributed by atoms with E-state index in [2.05, 4.69) is 20.7 Å². The van der Waals surface area contributed by atoms with E-state index in [1.54, 1.807) is 7.11 Å². The van der Waals surface area contributed by atoms with Gasteiger partial charge in [0.2, 0.25) is 11.0 Å². The fourth-order valence-corrected chi connectivity index (χ4v) is 3.87. The normalized spacial score (nSPS) is 15.1. The molecule has 0 saturated carbocycles. The molecule has 1 aromatic heterocycles. The maximum Gasteiger partial charge on any atom is 0.234 e. The number of hydrogen-bond acceptors (Lipinski definition) is 6. The summed E-state index contributed by atoms with van der Waals surface area (Å²) in [5.74, 6) is 2.12. The van der Waals surface area contributed by atoms with Crippen molar-refractivity contribution in [2.45, 2.75) is 19.3 Å². The summed E-state index contributed by atoms with van der Waals surface area (Å²) in [5, 5.41) is 3.85. The van der Waals surface area contributed by atoms with Crippen molar-refractivity contribution in [1.29, 1.82) is 0 Å². The maximum atomic E-state index is 11.3. The number of carbonyl (C=O) groups is 1. The van der Waals surface area contributed by atoms with Gasteiger partial charge in [-0.2, -0.15) is 4.37 Å². The van der Waals surface area contributed by atoms with Crippen molar-refractivity contribution in [2.24, 2.45) is 5.92 Å². The van der Waals surface area contributed by atoms with Gasteiger partial charge in [0.1, 0.15) is 17.5 Å². The van der Waals surface area contributed by atoms with Crippen molar-refractivity contribution >= 4 is 34.2 Å². The first-order valence-electron chi connectivity index (χ1n) is 8.71. The summed E-state index contributed by atoms with van der Waals surface area (Å²) in [5.41, 5.74) is 1.14. The van der Waals surface area contributed by atoms with E-state index in [4.69, 9.17) is 21.3 Å². The lowest BCUT2D eigenvalue weighted by atomic mass is 9.97. The van der Waals surface area contributed by atoms with Crippen LogP contribution in [0.25, 0.3) is 0 Å². The third-order valence-corrected chi connectivity index (χ3v) is 5.61. The van der Waals surface area contributed by atoms with Crippen LogP contribution in [-0.4, -0.2) is 47.9 Å². The average Bonchev–Trinajstić information content (AvgIpc) is 3.15. The summed E-state index contributed by atoms with van der Waals surface area (Å²) in [4.78, 5) is 18.2. The third-order valence-electron chi connectivity index (χ3n) is 4.55. The number of nitrogens with zero attached hydrogens (tertiary/aromatic N) is 3. The Morgan fingerprint density at radius 2 is 2.23 bits per heavy atom. The predicted molar refractivity (Wildman–Crippen MR) is 104 cm³/mol. The van der Waals surface area contributed by atoms with E-state index in [1.807, 2.05) is 18.2 Å². The first-order valence-corrected chi connectivity index (χ1v) is 10.0. The van der Waals surface area contributed by atoms with Crippen LogP contribution in [0, 0.1) is 5.92 Å². The van der Waals surface area contributed by atoms with Crippen LogP contribution < -0.4 is 15.0 Å². The van der Waals surface area contributed by atoms with Crippen molar-refractivity contribution in [3.63, 3.8) is 0 Å². The monoisotopic (exact) mass is 394 g/mol. The molecule has 8 heteroatoms. The SMILES string of the molecule is COc1cccc(Cc2nsc(N3CCC(CNC(=O)CCl)CC3)n2)c1. The molecule has 2 aromatic rings. The van der Waals surface area contributed by atoms with Crippen LogP contribution in [0.4, 0.5) is 5.13 Å². The van der Waals surface area contributed by atoms with Crippen LogP contribution in [0.3, 0.4) is 0 Å². The molecule has 2 heterocycles. The molecule has 0 atom stereocenters. The van der Waals surface area contributed by atoms with E-state index in [-0.39, 0.29) is 11.8 Å². The Labute approximate surface area is 162 Å². The van der Waals surface area contributed by atoms with Gasteiger partial charge in [-0.1, -0.05) is 12.1 Å². The van der Waals surface area contributed by atoms with E-state index in [0.29, 0.717) is 18.9 Å². The zero-order valence-corrected chi connectivity index (χ0v) is 16.4. The lowest BCUT2D eigenvalue weighted by molar-refractivity contribution is -0.118. The number of ether oxygens (including phenoxy) is 1. The molecule has 1 aromatic carbocycles. The highest BCUT2D eigenvalue weighted by Gasteiger charge is 2.22. The molecule has 26 heavy (non-hydrogen) atoms. The van der Waals surface area contributed by atoms with Crippen molar-refractivity contribution in [3.05, 3.63) is 35.7 Å². The Morgan fingerprint density at radius 3 is 2.96 bits per heavy atom. The summed E-state index contributed by atoms with van der Waals surface area (Å²) in [6.45, 7) is 2.58. The first-order chi connectivity index (χ1) is 12.7. The molecule has 0 bridgehead atoms. The number of methoxy groups -OCH3 is 1. The molecule has 140 valence electrons. The molecular formula is C18H23ClN4O2S. The standard InChI is InChI=1S/C18H23ClN4O2S/c1-25-15-4-2-3-14(9-15)10-16-21-18(26-22-16)23-7-5-13(6-8-23)12-20-17(24)11-19/h2-4,9,13H,5-8,10-12H2,1H3,(H,20,24). The third kappa shape index (κ3) is 5.08. The van der Waals surface area contributed by atoms with Crippen LogP contribution in [0.1, 0.15) is 24.2 Å². The van der Waals surface area contributed by atoms with Gasteiger partial charge in [-0.05, 0) is 36.5 Å². The molecule has 3 rings (SSSR count). The number of aromatic nitrogens is 2. The van der Waals surface area contributed by atoms with Crippen LogP contribution in [-0.2, 0) is 11.2 Å². The number of benzene rings is 1. The summed E-state index contributed by atoms with van der Waals surface area (Å²) in [6, 6.07) is 7.99. The minimum Gasteiger partial charge on any atom is -0.497 e. The van der Waals surface area contributed by atoms with Gasteiger partial charge in [0, 0.05) is 37.6 Å². The number of amides is 1. The van der Waals surface area contributed by atoms with Gasteiger partial charge in [0.05, 0.1) is 7.11 Å². The number of rotatable bonds is 7. The molecule has 0 unspecified atom stereocenters. The molecule has 0 spiro atoms. The number of nitrogens with one attached hydrogen (secondary N) is 1. The lowest BCUT2D eigenvalue weighted by Gasteiger charge is -2.31. The van der Waals surface area contributed by atoms with Gasteiger partial charge in [0.15, 0.2) is 0 Å². The number of alkyl halides is 1. The zero-order valence-electron chi connectivity index (χ0n) is 14.8. The van der Waals surface area contributed by atoms with Gasteiger partial charge in [-0.15, -0.1) is 11.6 Å². The van der Waals surface area contributed by atoms with Crippen LogP contribution in [0.5, 0.6) is 5.75 Å². The van der Waals surface area contributed by atoms with Crippen molar-refractivity contribution in [3.8, 4) is 5.75 Å². The van der Waals surface area contributed by atoms with E-state index < -0.39 is 0 Å². The Morgan fingerprint density at radius 1 is 1.42 bits per heavy atom. The number of hydrogen-bond donors (Lipinski definition) is 1. The predicted octanol–water partition coefficient (Wildman–Crippen LogP) is 2.71. The summed E-state index contributed by atoms with van der Waals surface area (Å²) in [6.07, 6.45) is 2.77. The highest BCUT2D eigenvalue weighted by molar-refractivity contribution is 7.09. The second-order valence-electron chi connectivity index (χ2n) is 6.39. The smallest absolute Gasteiger partial charge is 0.234 e. The second-order valence-corrected chi connectivity index (χ2v) is 7.39. The fourth-order valence-electron chi connectivity index (χ4n) is 3.04. The molecule has 0 radical (unpaired) electrons. The minimum absolute atomic E-state index is 0.0275.